The van der Waals surface area contributed by atoms with Crippen molar-refractivity contribution in [2.75, 3.05) is 0 Å². The lowest BCUT2D eigenvalue weighted by Crippen LogP contribution is -1.97. The van der Waals surface area contributed by atoms with E-state index in [1.54, 1.807) is 13.0 Å². The van der Waals surface area contributed by atoms with Crippen molar-refractivity contribution >= 4 is 11.6 Å². The molecule has 1 rings (SSSR count). The van der Waals surface area contributed by atoms with E-state index >= 15 is 0 Å². The molecule has 0 saturated carbocycles. The predicted molar refractivity (Wildman–Crippen MR) is 59.1 cm³/mol. The molecule has 3 heteroatoms. The Morgan fingerprint density at radius 1 is 1.47 bits per heavy atom. The Morgan fingerprint density at radius 2 is 2.20 bits per heavy atom. The smallest absolute Gasteiger partial charge is 0.125 e. The zero-order valence-electron chi connectivity index (χ0n) is 8.43. The van der Waals surface area contributed by atoms with Gasteiger partial charge in [-0.05, 0) is 37.1 Å². The van der Waals surface area contributed by atoms with Gasteiger partial charge in [-0.1, -0.05) is 11.6 Å². The molecule has 1 N–H and O–H groups in total. The average Bonchev–Trinajstić information content (AvgIpc) is 2.16. The molecule has 0 bridgehead atoms. The van der Waals surface area contributed by atoms with Crippen molar-refractivity contribution in [2.24, 2.45) is 0 Å². The van der Waals surface area contributed by atoms with Gasteiger partial charge in [-0.3, -0.25) is 0 Å². The summed E-state index contributed by atoms with van der Waals surface area (Å²) in [5.74, 6) is 5.15. The molecule has 0 radical (unpaired) electrons. The number of hydrogen-bond acceptors (Lipinski definition) is 1. The Bertz CT molecular complexity index is 372. The summed E-state index contributed by atoms with van der Waals surface area (Å²) in [6.07, 6.45) is 0.367. The number of rotatable bonds is 3. The fourth-order valence-corrected chi connectivity index (χ4v) is 1.50. The van der Waals surface area contributed by atoms with Gasteiger partial charge in [0.15, 0.2) is 0 Å². The van der Waals surface area contributed by atoms with Crippen molar-refractivity contribution in [3.63, 3.8) is 0 Å². The first kappa shape index (κ1) is 12.0. The van der Waals surface area contributed by atoms with E-state index in [1.807, 2.05) is 0 Å². The molecule has 80 valence electrons. The number of hydrogen-bond donors (Lipinski definition) is 1. The largest absolute Gasteiger partial charge is 0.388 e. The standard InChI is InChI=1S/C12H12ClFO/c1-2-3-4-5-12(15)9-6-10(13)8-11(14)7-9/h6-8,12,15H,4-5H2,1H3. The van der Waals surface area contributed by atoms with E-state index in [0.29, 0.717) is 23.4 Å². The Kier molecular flexibility index (Phi) is 4.61. The van der Waals surface area contributed by atoms with Gasteiger partial charge >= 0.3 is 0 Å². The molecule has 1 aromatic rings. The maximum atomic E-state index is 13.0. The van der Waals surface area contributed by atoms with E-state index in [2.05, 4.69) is 11.8 Å². The van der Waals surface area contributed by atoms with Crippen molar-refractivity contribution < 1.29 is 9.50 Å². The molecular weight excluding hydrogens is 215 g/mol. The van der Waals surface area contributed by atoms with Gasteiger partial charge in [-0.25, -0.2) is 4.39 Å². The number of benzene rings is 1. The summed E-state index contributed by atoms with van der Waals surface area (Å²) in [6, 6.07) is 4.06. The van der Waals surface area contributed by atoms with Gasteiger partial charge in [-0.2, -0.15) is 0 Å². The lowest BCUT2D eigenvalue weighted by Gasteiger charge is -2.09. The molecule has 0 saturated heterocycles. The summed E-state index contributed by atoms with van der Waals surface area (Å²) in [7, 11) is 0. The summed E-state index contributed by atoms with van der Waals surface area (Å²) >= 11 is 5.68. The van der Waals surface area contributed by atoms with Gasteiger partial charge in [0.2, 0.25) is 0 Å². The van der Waals surface area contributed by atoms with E-state index < -0.39 is 11.9 Å². The summed E-state index contributed by atoms with van der Waals surface area (Å²) in [5.41, 5.74) is 0.498. The Morgan fingerprint density at radius 3 is 2.80 bits per heavy atom. The summed E-state index contributed by atoms with van der Waals surface area (Å²) in [5, 5.41) is 10.00. The van der Waals surface area contributed by atoms with Crippen LogP contribution in [0.4, 0.5) is 4.39 Å². The van der Waals surface area contributed by atoms with Crippen molar-refractivity contribution in [2.45, 2.75) is 25.9 Å². The zero-order chi connectivity index (χ0) is 11.3. The van der Waals surface area contributed by atoms with Gasteiger partial charge in [0, 0.05) is 11.4 Å². The second-order valence-electron chi connectivity index (χ2n) is 3.18. The molecule has 0 aliphatic carbocycles. The summed E-state index contributed by atoms with van der Waals surface area (Å²) in [4.78, 5) is 0. The fraction of sp³-hybridized carbons (Fsp3) is 0.333. The highest BCUT2D eigenvalue weighted by Crippen LogP contribution is 2.22. The Hall–Kier alpha value is -1.04. The third-order valence-corrected chi connectivity index (χ3v) is 2.21. The minimum atomic E-state index is -0.709. The van der Waals surface area contributed by atoms with Crippen LogP contribution in [0.3, 0.4) is 0 Å². The van der Waals surface area contributed by atoms with Crippen LogP contribution >= 0.6 is 11.6 Å². The summed E-state index contributed by atoms with van der Waals surface area (Å²) in [6.45, 7) is 1.74. The van der Waals surface area contributed by atoms with Gasteiger partial charge in [0.1, 0.15) is 5.82 Å². The summed E-state index contributed by atoms with van der Waals surface area (Å²) < 4.78 is 13.0. The first-order valence-corrected chi connectivity index (χ1v) is 5.05. The quantitative estimate of drug-likeness (QED) is 0.784. The highest BCUT2D eigenvalue weighted by molar-refractivity contribution is 6.30. The van der Waals surface area contributed by atoms with E-state index in [4.69, 9.17) is 11.6 Å². The van der Waals surface area contributed by atoms with Gasteiger partial charge in [-0.15, -0.1) is 11.8 Å². The number of halogens is 2. The van der Waals surface area contributed by atoms with Gasteiger partial charge in [0.25, 0.3) is 0 Å². The van der Waals surface area contributed by atoms with Crippen molar-refractivity contribution in [1.29, 1.82) is 0 Å². The second-order valence-corrected chi connectivity index (χ2v) is 3.62. The molecule has 1 atom stereocenters. The van der Waals surface area contributed by atoms with Crippen LogP contribution in [0.2, 0.25) is 5.02 Å². The molecule has 0 heterocycles. The van der Waals surface area contributed by atoms with Crippen molar-refractivity contribution in [3.05, 3.63) is 34.6 Å². The fourth-order valence-electron chi connectivity index (χ4n) is 1.27. The average molecular weight is 227 g/mol. The maximum absolute atomic E-state index is 13.0. The van der Waals surface area contributed by atoms with Crippen LogP contribution in [0.1, 0.15) is 31.4 Å². The zero-order valence-corrected chi connectivity index (χ0v) is 9.18. The molecule has 0 aliphatic heterocycles. The van der Waals surface area contributed by atoms with Crippen molar-refractivity contribution in [1.82, 2.24) is 0 Å². The van der Waals surface area contributed by atoms with Crippen molar-refractivity contribution in [3.8, 4) is 11.8 Å². The van der Waals surface area contributed by atoms with Crippen LogP contribution in [0.25, 0.3) is 0 Å². The molecule has 0 amide bonds. The maximum Gasteiger partial charge on any atom is 0.125 e. The normalized spacial score (nSPS) is 11.7. The molecule has 0 aliphatic rings. The molecule has 1 nitrogen and oxygen atoms in total. The molecule has 0 fully saturated rings. The van der Waals surface area contributed by atoms with Crippen LogP contribution < -0.4 is 0 Å². The predicted octanol–water partition coefficient (Wildman–Crippen LogP) is 3.32. The molecule has 0 aromatic heterocycles. The lowest BCUT2D eigenvalue weighted by atomic mass is 10.1. The third-order valence-electron chi connectivity index (χ3n) is 1.99. The first-order valence-electron chi connectivity index (χ1n) is 4.67. The number of aliphatic hydroxyl groups is 1. The Labute approximate surface area is 93.9 Å². The molecular formula is C12H12ClFO. The van der Waals surface area contributed by atoms with E-state index in [-0.39, 0.29) is 0 Å². The van der Waals surface area contributed by atoms with E-state index in [1.165, 1.54) is 12.1 Å². The van der Waals surface area contributed by atoms with Crippen LogP contribution in [0.5, 0.6) is 0 Å². The highest BCUT2D eigenvalue weighted by atomic mass is 35.5. The van der Waals surface area contributed by atoms with Crippen LogP contribution in [-0.2, 0) is 0 Å². The highest BCUT2D eigenvalue weighted by Gasteiger charge is 2.08. The second kappa shape index (κ2) is 5.75. The third kappa shape index (κ3) is 3.91. The molecule has 1 unspecified atom stereocenters. The SMILES string of the molecule is CC#CCCC(O)c1cc(F)cc(Cl)c1. The van der Waals surface area contributed by atoms with Gasteiger partial charge in [0.05, 0.1) is 6.10 Å². The molecule has 0 spiro atoms. The Balaban J connectivity index is 2.71. The lowest BCUT2D eigenvalue weighted by molar-refractivity contribution is 0.169. The van der Waals surface area contributed by atoms with E-state index in [9.17, 15) is 9.50 Å². The number of aliphatic hydroxyl groups excluding tert-OH is 1. The van der Waals surface area contributed by atoms with Crippen LogP contribution in [-0.4, -0.2) is 5.11 Å². The minimum Gasteiger partial charge on any atom is -0.388 e. The minimum absolute atomic E-state index is 0.297. The topological polar surface area (TPSA) is 20.2 Å². The first-order chi connectivity index (χ1) is 7.13. The van der Waals surface area contributed by atoms with E-state index in [0.717, 1.165) is 0 Å². The van der Waals surface area contributed by atoms with Crippen LogP contribution in [0, 0.1) is 17.7 Å². The van der Waals surface area contributed by atoms with Crippen LogP contribution in [0.15, 0.2) is 18.2 Å². The molecule has 15 heavy (non-hydrogen) atoms. The van der Waals surface area contributed by atoms with Gasteiger partial charge < -0.3 is 5.11 Å². The molecule has 1 aromatic carbocycles. The monoisotopic (exact) mass is 226 g/mol.